The molecule has 0 spiro atoms. The van der Waals surface area contributed by atoms with E-state index in [4.69, 9.17) is 33.2 Å². The Morgan fingerprint density at radius 2 is 0.980 bits per heavy atom. The van der Waals surface area contributed by atoms with Crippen LogP contribution < -0.4 is 18.9 Å². The van der Waals surface area contributed by atoms with Crippen molar-refractivity contribution in [2.75, 3.05) is 52.9 Å². The van der Waals surface area contributed by atoms with Crippen molar-refractivity contribution in [3.63, 3.8) is 0 Å². The summed E-state index contributed by atoms with van der Waals surface area (Å²) in [6.07, 6.45) is 21.5. The highest BCUT2D eigenvalue weighted by Gasteiger charge is 2.35. The Labute approximate surface area is 296 Å². The maximum atomic E-state index is 12.5. The fourth-order valence-corrected chi connectivity index (χ4v) is 6.07. The van der Waals surface area contributed by atoms with Crippen LogP contribution in [0.3, 0.4) is 0 Å². The quantitative estimate of drug-likeness (QED) is 0.0950. The number of esters is 1. The van der Waals surface area contributed by atoms with Crippen molar-refractivity contribution in [1.29, 1.82) is 0 Å². The highest BCUT2D eigenvalue weighted by molar-refractivity contribution is 5.70. The van der Waals surface area contributed by atoms with Gasteiger partial charge in [0.25, 0.3) is 0 Å². The summed E-state index contributed by atoms with van der Waals surface area (Å²) in [6.45, 7) is 6.11. The van der Waals surface area contributed by atoms with E-state index in [9.17, 15) is 4.79 Å². The highest BCUT2D eigenvalue weighted by Crippen LogP contribution is 2.32. The van der Waals surface area contributed by atoms with E-state index < -0.39 is 11.6 Å². The zero-order valence-corrected chi connectivity index (χ0v) is 30.6. The normalized spacial score (nSPS) is 15.1. The van der Waals surface area contributed by atoms with Gasteiger partial charge < -0.3 is 33.2 Å². The molecule has 0 unspecified atom stereocenters. The smallest absolute Gasteiger partial charge is 0.332 e. The summed E-state index contributed by atoms with van der Waals surface area (Å²) in [5, 5.41) is 0. The molecule has 0 fully saturated rings. The molecule has 1 aliphatic heterocycles. The van der Waals surface area contributed by atoms with Gasteiger partial charge in [-0.25, -0.2) is 4.79 Å². The zero-order chi connectivity index (χ0) is 34.7. The Hall–Kier alpha value is -2.97. The lowest BCUT2D eigenvalue weighted by atomic mass is 9.96. The average molecular weight is 685 g/mol. The number of hydrogen-bond donors (Lipinski definition) is 0. The first kappa shape index (κ1) is 40.5. The number of para-hydroxylation sites is 4. The summed E-state index contributed by atoms with van der Waals surface area (Å²) in [4.78, 5) is 12.5. The van der Waals surface area contributed by atoms with E-state index in [-0.39, 0.29) is 19.8 Å². The Balaban J connectivity index is 1.57. The van der Waals surface area contributed by atoms with Crippen LogP contribution in [0.5, 0.6) is 23.0 Å². The molecule has 0 saturated carbocycles. The number of carbonyl (C=O) groups is 1. The molecule has 0 atom stereocenters. The fourth-order valence-electron chi connectivity index (χ4n) is 6.07. The van der Waals surface area contributed by atoms with Crippen LogP contribution >= 0.6 is 0 Å². The predicted octanol–water partition coefficient (Wildman–Crippen LogP) is 9.90. The van der Waals surface area contributed by atoms with Gasteiger partial charge in [-0.05, 0) is 37.6 Å². The molecule has 0 N–H and O–H groups in total. The van der Waals surface area contributed by atoms with E-state index in [2.05, 4.69) is 6.92 Å². The number of ether oxygens (including phenoxy) is 7. The summed E-state index contributed by atoms with van der Waals surface area (Å²) >= 11 is 0. The predicted molar refractivity (Wildman–Crippen MR) is 195 cm³/mol. The lowest BCUT2D eigenvalue weighted by Gasteiger charge is -2.34. The third kappa shape index (κ3) is 17.5. The first-order chi connectivity index (χ1) is 24.2. The molecule has 1 aliphatic rings. The second-order valence-corrected chi connectivity index (χ2v) is 13.1. The molecule has 0 aliphatic carbocycles. The SMILES string of the molecule is CCCCCCCCCCCCCCCCCCC1(OCC(=O)OCC)COc2ccccc2OCCOCCOc2ccccc2OC1. The number of carbonyl (C=O) groups excluding carboxylic acids is 1. The topological polar surface area (TPSA) is 81.7 Å². The van der Waals surface area contributed by atoms with Crippen molar-refractivity contribution in [3.8, 4) is 23.0 Å². The molecule has 49 heavy (non-hydrogen) atoms. The van der Waals surface area contributed by atoms with Crippen LogP contribution in [0.1, 0.15) is 123 Å². The Kier molecular flexibility index (Phi) is 21.4. The fraction of sp³-hybridized carbons (Fsp3) is 0.683. The third-order valence-corrected chi connectivity index (χ3v) is 8.94. The number of rotatable bonds is 21. The molecule has 8 heteroatoms. The standard InChI is InChI=1S/C41H64O8/c1-3-5-6-7-8-9-10-11-12-13-14-15-16-17-18-23-28-41(49-33-40(42)44-4-2)34-47-38-26-21-19-24-36(38)45-31-29-43-30-32-46-37-25-20-22-27-39(37)48-35-41/h19-22,24-27H,3-18,23,28-35H2,1-2H3. The minimum atomic E-state index is -0.914. The second-order valence-electron chi connectivity index (χ2n) is 13.1. The van der Waals surface area contributed by atoms with Crippen molar-refractivity contribution >= 4 is 5.97 Å². The van der Waals surface area contributed by atoms with Gasteiger partial charge in [0, 0.05) is 0 Å². The number of fused-ring (bicyclic) bond motifs is 2. The molecular formula is C41H64O8. The summed E-state index contributed by atoms with van der Waals surface area (Å²) in [7, 11) is 0. The number of benzene rings is 2. The van der Waals surface area contributed by atoms with Gasteiger partial charge in [0.1, 0.15) is 38.6 Å². The van der Waals surface area contributed by atoms with E-state index in [1.165, 1.54) is 89.9 Å². The van der Waals surface area contributed by atoms with E-state index >= 15 is 0 Å². The van der Waals surface area contributed by atoms with Gasteiger partial charge in [-0.1, -0.05) is 134 Å². The van der Waals surface area contributed by atoms with Gasteiger partial charge in [0.15, 0.2) is 23.0 Å². The van der Waals surface area contributed by atoms with Crippen LogP contribution in [0.25, 0.3) is 0 Å². The van der Waals surface area contributed by atoms with Crippen LogP contribution in [-0.4, -0.2) is 64.4 Å². The van der Waals surface area contributed by atoms with Crippen molar-refractivity contribution in [2.24, 2.45) is 0 Å². The lowest BCUT2D eigenvalue weighted by Crippen LogP contribution is -2.46. The monoisotopic (exact) mass is 684 g/mol. The van der Waals surface area contributed by atoms with Gasteiger partial charge in [0.2, 0.25) is 0 Å². The van der Waals surface area contributed by atoms with E-state index in [0.717, 1.165) is 12.8 Å². The molecule has 3 rings (SSSR count). The molecule has 0 saturated heterocycles. The molecule has 2 aromatic carbocycles. The molecule has 276 valence electrons. The summed E-state index contributed by atoms with van der Waals surface area (Å²) < 4.78 is 42.2. The maximum Gasteiger partial charge on any atom is 0.332 e. The Bertz CT molecular complexity index is 1070. The Morgan fingerprint density at radius 3 is 1.41 bits per heavy atom. The maximum absolute atomic E-state index is 12.5. The summed E-state index contributed by atoms with van der Waals surface area (Å²) in [6, 6.07) is 15.2. The average Bonchev–Trinajstić information content (AvgIpc) is 3.12. The number of hydrogen-bond acceptors (Lipinski definition) is 8. The second kappa shape index (κ2) is 25.9. The molecule has 0 bridgehead atoms. The van der Waals surface area contributed by atoms with Crippen LogP contribution in [0.2, 0.25) is 0 Å². The van der Waals surface area contributed by atoms with E-state index in [1.807, 2.05) is 48.5 Å². The molecule has 0 amide bonds. The van der Waals surface area contributed by atoms with Crippen molar-refractivity contribution in [1.82, 2.24) is 0 Å². The van der Waals surface area contributed by atoms with Crippen molar-refractivity contribution < 1.29 is 38.0 Å². The number of unbranched alkanes of at least 4 members (excludes halogenated alkanes) is 15. The minimum Gasteiger partial charge on any atom is -0.487 e. The van der Waals surface area contributed by atoms with Gasteiger partial charge in [-0.3, -0.25) is 0 Å². The van der Waals surface area contributed by atoms with Gasteiger partial charge >= 0.3 is 5.97 Å². The highest BCUT2D eigenvalue weighted by atomic mass is 16.6. The lowest BCUT2D eigenvalue weighted by molar-refractivity contribution is -0.162. The van der Waals surface area contributed by atoms with Gasteiger partial charge in [-0.15, -0.1) is 0 Å². The van der Waals surface area contributed by atoms with E-state index in [0.29, 0.717) is 62.5 Å². The first-order valence-corrected chi connectivity index (χ1v) is 19.2. The van der Waals surface area contributed by atoms with E-state index in [1.54, 1.807) is 6.92 Å². The Morgan fingerprint density at radius 1 is 0.571 bits per heavy atom. The summed E-state index contributed by atoms with van der Waals surface area (Å²) in [5.41, 5.74) is -0.914. The molecular weight excluding hydrogens is 620 g/mol. The molecule has 0 radical (unpaired) electrons. The van der Waals surface area contributed by atoms with Crippen LogP contribution in [0.15, 0.2) is 48.5 Å². The molecule has 8 nitrogen and oxygen atoms in total. The van der Waals surface area contributed by atoms with Crippen LogP contribution in [0.4, 0.5) is 0 Å². The van der Waals surface area contributed by atoms with Gasteiger partial charge in [-0.2, -0.15) is 0 Å². The van der Waals surface area contributed by atoms with Gasteiger partial charge in [0.05, 0.1) is 19.8 Å². The largest absolute Gasteiger partial charge is 0.487 e. The zero-order valence-electron chi connectivity index (χ0n) is 30.6. The third-order valence-electron chi connectivity index (χ3n) is 8.94. The molecule has 1 heterocycles. The summed E-state index contributed by atoms with van der Waals surface area (Å²) in [5.74, 6) is 2.06. The first-order valence-electron chi connectivity index (χ1n) is 19.2. The van der Waals surface area contributed by atoms with Crippen molar-refractivity contribution in [3.05, 3.63) is 48.5 Å². The molecule has 0 aromatic heterocycles. The van der Waals surface area contributed by atoms with Crippen molar-refractivity contribution in [2.45, 2.75) is 129 Å². The molecule has 2 aromatic rings. The van der Waals surface area contributed by atoms with Crippen LogP contribution in [0, 0.1) is 0 Å². The van der Waals surface area contributed by atoms with Crippen LogP contribution in [-0.2, 0) is 19.0 Å². The minimum absolute atomic E-state index is 0.172.